The van der Waals surface area contributed by atoms with E-state index in [4.69, 9.17) is 4.74 Å². The summed E-state index contributed by atoms with van der Waals surface area (Å²) < 4.78 is 9.25. The third kappa shape index (κ3) is 3.20. The monoisotopic (exact) mass is 215 g/mol. The summed E-state index contributed by atoms with van der Waals surface area (Å²) in [4.78, 5) is 24.3. The van der Waals surface area contributed by atoms with Crippen LogP contribution in [0.3, 0.4) is 0 Å². The van der Waals surface area contributed by atoms with Gasteiger partial charge in [-0.1, -0.05) is 0 Å². The van der Waals surface area contributed by atoms with E-state index in [-0.39, 0.29) is 18.0 Å². The molecule has 0 aromatic heterocycles. The largest absolute Gasteiger partial charge is 0.469 e. The zero-order valence-electron chi connectivity index (χ0n) is 9.19. The Morgan fingerprint density at radius 2 is 2.07 bits per heavy atom. The maximum Gasteiger partial charge on any atom is 0.323 e. The van der Waals surface area contributed by atoms with Gasteiger partial charge in [0.2, 0.25) is 0 Å². The highest BCUT2D eigenvalue weighted by atomic mass is 16.5. The lowest BCUT2D eigenvalue weighted by Gasteiger charge is -2.21. The van der Waals surface area contributed by atoms with Crippen molar-refractivity contribution in [2.75, 3.05) is 27.3 Å². The van der Waals surface area contributed by atoms with Gasteiger partial charge in [0, 0.05) is 6.54 Å². The Balaban J connectivity index is 2.39. The molecule has 0 N–H and O–H groups in total. The molecule has 1 unspecified atom stereocenters. The molecule has 15 heavy (non-hydrogen) atoms. The first-order valence-electron chi connectivity index (χ1n) is 5.07. The Bertz CT molecular complexity index is 242. The first-order valence-corrected chi connectivity index (χ1v) is 5.07. The second kappa shape index (κ2) is 5.70. The number of likely N-dealkylation sites (tertiary alicyclic amines) is 1. The second-order valence-corrected chi connectivity index (χ2v) is 3.54. The molecule has 1 aliphatic heterocycles. The van der Waals surface area contributed by atoms with E-state index >= 15 is 0 Å². The Morgan fingerprint density at radius 1 is 1.33 bits per heavy atom. The number of nitrogens with zero attached hydrogens (tertiary/aromatic N) is 1. The van der Waals surface area contributed by atoms with Crippen LogP contribution < -0.4 is 0 Å². The van der Waals surface area contributed by atoms with Gasteiger partial charge in [-0.05, 0) is 19.4 Å². The SMILES string of the molecule is COC(=O)CCN1CCCC1C(=O)OC. The van der Waals surface area contributed by atoms with Gasteiger partial charge in [-0.3, -0.25) is 14.5 Å². The zero-order valence-corrected chi connectivity index (χ0v) is 9.19. The molecular weight excluding hydrogens is 198 g/mol. The summed E-state index contributed by atoms with van der Waals surface area (Å²) in [7, 11) is 2.75. The van der Waals surface area contributed by atoms with Crippen molar-refractivity contribution < 1.29 is 19.1 Å². The molecule has 0 spiro atoms. The number of rotatable bonds is 4. The summed E-state index contributed by atoms with van der Waals surface area (Å²) >= 11 is 0. The fraction of sp³-hybridized carbons (Fsp3) is 0.800. The highest BCUT2D eigenvalue weighted by Gasteiger charge is 2.31. The molecule has 1 saturated heterocycles. The van der Waals surface area contributed by atoms with E-state index in [9.17, 15) is 9.59 Å². The summed E-state index contributed by atoms with van der Waals surface area (Å²) in [5, 5.41) is 0. The van der Waals surface area contributed by atoms with Crippen LogP contribution in [0.15, 0.2) is 0 Å². The molecule has 1 heterocycles. The molecule has 0 bridgehead atoms. The molecule has 5 nitrogen and oxygen atoms in total. The number of hydrogen-bond acceptors (Lipinski definition) is 5. The number of esters is 2. The van der Waals surface area contributed by atoms with Crippen LogP contribution >= 0.6 is 0 Å². The number of carbonyl (C=O) groups excluding carboxylic acids is 2. The predicted octanol–water partition coefficient (Wildman–Crippen LogP) is 0.187. The van der Waals surface area contributed by atoms with Gasteiger partial charge in [0.25, 0.3) is 0 Å². The topological polar surface area (TPSA) is 55.8 Å². The van der Waals surface area contributed by atoms with Gasteiger partial charge in [0.05, 0.1) is 20.6 Å². The van der Waals surface area contributed by atoms with E-state index in [1.807, 2.05) is 4.90 Å². The van der Waals surface area contributed by atoms with E-state index in [0.717, 1.165) is 19.4 Å². The van der Waals surface area contributed by atoms with Crippen LogP contribution in [0.2, 0.25) is 0 Å². The predicted molar refractivity (Wildman–Crippen MR) is 53.2 cm³/mol. The van der Waals surface area contributed by atoms with E-state index < -0.39 is 0 Å². The van der Waals surface area contributed by atoms with Crippen LogP contribution in [0.25, 0.3) is 0 Å². The van der Waals surface area contributed by atoms with Crippen molar-refractivity contribution in [3.8, 4) is 0 Å². The Labute approximate surface area is 89.3 Å². The van der Waals surface area contributed by atoms with Gasteiger partial charge in [-0.25, -0.2) is 0 Å². The van der Waals surface area contributed by atoms with Crippen molar-refractivity contribution in [2.45, 2.75) is 25.3 Å². The van der Waals surface area contributed by atoms with Gasteiger partial charge in [-0.15, -0.1) is 0 Å². The second-order valence-electron chi connectivity index (χ2n) is 3.54. The fourth-order valence-corrected chi connectivity index (χ4v) is 1.83. The van der Waals surface area contributed by atoms with Gasteiger partial charge >= 0.3 is 11.9 Å². The minimum absolute atomic E-state index is 0.181. The highest BCUT2D eigenvalue weighted by molar-refractivity contribution is 5.76. The summed E-state index contributed by atoms with van der Waals surface area (Å²) in [5.74, 6) is -0.456. The van der Waals surface area contributed by atoms with Crippen molar-refractivity contribution in [3.63, 3.8) is 0 Å². The fourth-order valence-electron chi connectivity index (χ4n) is 1.83. The molecule has 86 valence electrons. The van der Waals surface area contributed by atoms with Crippen molar-refractivity contribution in [2.24, 2.45) is 0 Å². The molecular formula is C10H17NO4. The molecule has 0 aromatic rings. The normalized spacial score (nSPS) is 21.3. The molecule has 0 amide bonds. The minimum Gasteiger partial charge on any atom is -0.469 e. The summed E-state index contributed by atoms with van der Waals surface area (Å²) in [6.45, 7) is 1.41. The zero-order chi connectivity index (χ0) is 11.3. The molecule has 1 rings (SSSR count). The first-order chi connectivity index (χ1) is 7.19. The van der Waals surface area contributed by atoms with Gasteiger partial charge < -0.3 is 9.47 Å². The lowest BCUT2D eigenvalue weighted by molar-refractivity contribution is -0.147. The number of ether oxygens (including phenoxy) is 2. The lowest BCUT2D eigenvalue weighted by atomic mass is 10.2. The molecule has 0 aromatic carbocycles. The Kier molecular flexibility index (Phi) is 4.55. The van der Waals surface area contributed by atoms with E-state index in [0.29, 0.717) is 13.0 Å². The average molecular weight is 215 g/mol. The number of hydrogen-bond donors (Lipinski definition) is 0. The number of methoxy groups -OCH3 is 2. The lowest BCUT2D eigenvalue weighted by Crippen LogP contribution is -2.38. The van der Waals surface area contributed by atoms with E-state index in [2.05, 4.69) is 4.74 Å². The van der Waals surface area contributed by atoms with Crippen LogP contribution in [0.4, 0.5) is 0 Å². The van der Waals surface area contributed by atoms with Crippen molar-refractivity contribution in [3.05, 3.63) is 0 Å². The Hall–Kier alpha value is -1.10. The quantitative estimate of drug-likeness (QED) is 0.626. The van der Waals surface area contributed by atoms with Crippen LogP contribution in [0.5, 0.6) is 0 Å². The molecule has 0 radical (unpaired) electrons. The van der Waals surface area contributed by atoms with Crippen LogP contribution in [-0.2, 0) is 19.1 Å². The third-order valence-electron chi connectivity index (χ3n) is 2.67. The number of carbonyl (C=O) groups is 2. The highest BCUT2D eigenvalue weighted by Crippen LogP contribution is 2.18. The van der Waals surface area contributed by atoms with Crippen molar-refractivity contribution in [1.29, 1.82) is 0 Å². The average Bonchev–Trinajstić information content (AvgIpc) is 2.72. The van der Waals surface area contributed by atoms with Gasteiger partial charge in [0.1, 0.15) is 6.04 Å². The molecule has 0 aliphatic carbocycles. The van der Waals surface area contributed by atoms with Crippen LogP contribution in [0, 0.1) is 0 Å². The standard InChI is InChI=1S/C10H17NO4/c1-14-9(12)5-7-11-6-3-4-8(11)10(13)15-2/h8H,3-7H2,1-2H3. The maximum atomic E-state index is 11.4. The van der Waals surface area contributed by atoms with Crippen LogP contribution in [-0.4, -0.2) is 50.2 Å². The third-order valence-corrected chi connectivity index (χ3v) is 2.67. The smallest absolute Gasteiger partial charge is 0.323 e. The molecule has 1 aliphatic rings. The molecule has 0 saturated carbocycles. The first kappa shape index (κ1) is 12.0. The van der Waals surface area contributed by atoms with Crippen molar-refractivity contribution in [1.82, 2.24) is 4.90 Å². The van der Waals surface area contributed by atoms with Gasteiger partial charge in [0.15, 0.2) is 0 Å². The summed E-state index contributed by atoms with van der Waals surface area (Å²) in [5.41, 5.74) is 0. The van der Waals surface area contributed by atoms with Gasteiger partial charge in [-0.2, -0.15) is 0 Å². The molecule has 1 fully saturated rings. The summed E-state index contributed by atoms with van der Waals surface area (Å²) in [6, 6.07) is -0.181. The molecule has 1 atom stereocenters. The Morgan fingerprint density at radius 3 is 2.67 bits per heavy atom. The van der Waals surface area contributed by atoms with E-state index in [1.54, 1.807) is 0 Å². The van der Waals surface area contributed by atoms with Crippen molar-refractivity contribution >= 4 is 11.9 Å². The van der Waals surface area contributed by atoms with E-state index in [1.165, 1.54) is 14.2 Å². The summed E-state index contributed by atoms with van der Waals surface area (Å²) in [6.07, 6.45) is 2.11. The molecule has 5 heteroatoms. The maximum absolute atomic E-state index is 11.4. The minimum atomic E-state index is -0.245. The van der Waals surface area contributed by atoms with Crippen LogP contribution in [0.1, 0.15) is 19.3 Å².